The lowest BCUT2D eigenvalue weighted by atomic mass is 10.0. The van der Waals surface area contributed by atoms with Crippen LogP contribution in [0.4, 0.5) is 14.5 Å². The molecule has 0 saturated heterocycles. The third-order valence-corrected chi connectivity index (χ3v) is 6.84. The summed E-state index contributed by atoms with van der Waals surface area (Å²) in [5.74, 6) is -2.00. The molecular formula is C24H24F2N6O3. The number of fused-ring (bicyclic) bond motifs is 1. The summed E-state index contributed by atoms with van der Waals surface area (Å²) in [4.78, 5) is 39.4. The predicted octanol–water partition coefficient (Wildman–Crippen LogP) is 3.35. The van der Waals surface area contributed by atoms with Crippen molar-refractivity contribution in [3.8, 4) is 0 Å². The maximum absolute atomic E-state index is 13.3. The molecule has 182 valence electrons. The molecule has 9 nitrogen and oxygen atoms in total. The zero-order valence-electron chi connectivity index (χ0n) is 19.2. The van der Waals surface area contributed by atoms with Gasteiger partial charge >= 0.3 is 0 Å². The zero-order valence-corrected chi connectivity index (χ0v) is 19.2. The molecule has 3 N–H and O–H groups in total. The van der Waals surface area contributed by atoms with Crippen molar-refractivity contribution < 1.29 is 23.2 Å². The molecule has 1 aliphatic heterocycles. The number of aromatic nitrogens is 4. The van der Waals surface area contributed by atoms with Gasteiger partial charge in [-0.25, -0.2) is 8.78 Å². The minimum atomic E-state index is -2.66. The summed E-state index contributed by atoms with van der Waals surface area (Å²) >= 11 is 0. The Morgan fingerprint density at radius 2 is 1.97 bits per heavy atom. The number of nitrogens with zero attached hydrogens (tertiary/aromatic N) is 3. The van der Waals surface area contributed by atoms with Crippen molar-refractivity contribution in [3.05, 3.63) is 63.7 Å². The van der Waals surface area contributed by atoms with E-state index in [0.717, 1.165) is 6.42 Å². The van der Waals surface area contributed by atoms with Gasteiger partial charge in [0, 0.05) is 29.7 Å². The molecule has 35 heavy (non-hydrogen) atoms. The smallest absolute Gasteiger partial charge is 0.294 e. The number of halogens is 2. The number of rotatable bonds is 7. The molecule has 1 aliphatic carbocycles. The first-order valence-corrected chi connectivity index (χ1v) is 11.4. The number of aryl methyl sites for hydroxylation is 1. The highest BCUT2D eigenvalue weighted by atomic mass is 19.3. The third kappa shape index (κ3) is 3.90. The van der Waals surface area contributed by atoms with E-state index in [4.69, 9.17) is 0 Å². The number of alkyl halides is 2. The Balaban J connectivity index is 1.42. The normalized spacial score (nSPS) is 15.7. The quantitative estimate of drug-likeness (QED) is 0.352. The van der Waals surface area contributed by atoms with Crippen molar-refractivity contribution in [2.24, 2.45) is 0 Å². The van der Waals surface area contributed by atoms with Crippen molar-refractivity contribution in [1.82, 2.24) is 25.3 Å². The van der Waals surface area contributed by atoms with Crippen molar-refractivity contribution in [2.45, 2.75) is 58.0 Å². The monoisotopic (exact) mass is 482 g/mol. The predicted molar refractivity (Wildman–Crippen MR) is 121 cm³/mol. The van der Waals surface area contributed by atoms with Gasteiger partial charge in [0.15, 0.2) is 0 Å². The largest absolute Gasteiger partial charge is 0.341 e. The van der Waals surface area contributed by atoms with Crippen molar-refractivity contribution in [3.63, 3.8) is 0 Å². The van der Waals surface area contributed by atoms with Crippen LogP contribution in [0.2, 0.25) is 0 Å². The van der Waals surface area contributed by atoms with E-state index < -0.39 is 29.6 Å². The first-order valence-electron chi connectivity index (χ1n) is 11.4. The van der Waals surface area contributed by atoms with Crippen LogP contribution in [0.25, 0.3) is 0 Å². The highest BCUT2D eigenvalue weighted by Gasteiger charge is 2.49. The lowest BCUT2D eigenvalue weighted by Crippen LogP contribution is -2.40. The first-order chi connectivity index (χ1) is 16.7. The van der Waals surface area contributed by atoms with E-state index in [1.807, 2.05) is 0 Å². The average molecular weight is 482 g/mol. The second-order valence-electron chi connectivity index (χ2n) is 9.10. The van der Waals surface area contributed by atoms with Crippen LogP contribution in [0, 0.1) is 13.8 Å². The molecule has 3 aromatic rings. The number of hydrogen-bond acceptors (Lipinski definition) is 5. The summed E-state index contributed by atoms with van der Waals surface area (Å²) in [5.41, 5.74) is 1.90. The Labute approximate surface area is 199 Å². The Morgan fingerprint density at radius 1 is 1.20 bits per heavy atom. The van der Waals surface area contributed by atoms with E-state index >= 15 is 0 Å². The van der Waals surface area contributed by atoms with Crippen molar-refractivity contribution >= 4 is 23.3 Å². The number of ketones is 1. The van der Waals surface area contributed by atoms with E-state index in [2.05, 4.69) is 26.0 Å². The van der Waals surface area contributed by atoms with Crippen LogP contribution in [-0.4, -0.2) is 37.6 Å². The maximum atomic E-state index is 13.3. The minimum absolute atomic E-state index is 0.157. The Bertz CT molecular complexity index is 1340. The zero-order chi connectivity index (χ0) is 24.9. The van der Waals surface area contributed by atoms with Gasteiger partial charge in [-0.05, 0) is 62.8 Å². The summed E-state index contributed by atoms with van der Waals surface area (Å²) in [6.45, 7) is 3.71. The summed E-state index contributed by atoms with van der Waals surface area (Å²) in [6.07, 6.45) is 1.51. The lowest BCUT2D eigenvalue weighted by molar-refractivity contribution is -0.118. The number of nitrogens with one attached hydrogen (secondary N) is 3. The van der Waals surface area contributed by atoms with Gasteiger partial charge in [-0.3, -0.25) is 19.5 Å². The highest BCUT2D eigenvalue weighted by Crippen LogP contribution is 2.44. The molecule has 2 aromatic heterocycles. The van der Waals surface area contributed by atoms with Crippen LogP contribution in [0.5, 0.6) is 0 Å². The summed E-state index contributed by atoms with van der Waals surface area (Å²) < 4.78 is 28.3. The van der Waals surface area contributed by atoms with Crippen LogP contribution >= 0.6 is 0 Å². The molecule has 11 heteroatoms. The van der Waals surface area contributed by atoms with Crippen LogP contribution in [0.3, 0.4) is 0 Å². The van der Waals surface area contributed by atoms with E-state index in [1.54, 1.807) is 30.7 Å². The van der Waals surface area contributed by atoms with E-state index in [-0.39, 0.29) is 16.9 Å². The number of carbonyl (C=O) groups is 3. The second-order valence-corrected chi connectivity index (χ2v) is 9.10. The standard InChI is InChI=1S/C24H24F2N6O3/c1-12-5-6-14(10-15(12)21(25)26)28-22(34)18-13(2)19(32-9-3-4-16(18)32)20(33)23(35)29-24(7-8-24)17-11-27-31-30-17/h5-6,10-11,21H,3-4,7-9H2,1-2H3,(H,28,34)(H,29,35)(H,27,30,31). The second kappa shape index (κ2) is 8.40. The van der Waals surface area contributed by atoms with Gasteiger partial charge in [0.2, 0.25) is 0 Å². The fourth-order valence-electron chi connectivity index (χ4n) is 4.85. The van der Waals surface area contributed by atoms with Gasteiger partial charge in [-0.1, -0.05) is 11.3 Å². The molecule has 2 amide bonds. The van der Waals surface area contributed by atoms with Gasteiger partial charge in [-0.2, -0.15) is 0 Å². The molecule has 0 unspecified atom stereocenters. The Hall–Kier alpha value is -3.89. The molecule has 0 spiro atoms. The van der Waals surface area contributed by atoms with Crippen LogP contribution in [-0.2, 0) is 23.3 Å². The van der Waals surface area contributed by atoms with Gasteiger partial charge < -0.3 is 15.2 Å². The first kappa shape index (κ1) is 22.9. The number of hydrogen-bond donors (Lipinski definition) is 3. The highest BCUT2D eigenvalue weighted by molar-refractivity contribution is 6.43. The topological polar surface area (TPSA) is 122 Å². The average Bonchev–Trinajstić information content (AvgIpc) is 3.18. The molecule has 1 aromatic carbocycles. The van der Waals surface area contributed by atoms with Crippen molar-refractivity contribution in [2.75, 3.05) is 5.32 Å². The molecule has 0 radical (unpaired) electrons. The van der Waals surface area contributed by atoms with E-state index in [0.29, 0.717) is 53.9 Å². The van der Waals surface area contributed by atoms with Gasteiger partial charge in [0.25, 0.3) is 24.0 Å². The summed E-state index contributed by atoms with van der Waals surface area (Å²) in [5, 5.41) is 15.7. The van der Waals surface area contributed by atoms with E-state index in [1.165, 1.54) is 12.1 Å². The molecule has 5 rings (SSSR count). The lowest BCUT2D eigenvalue weighted by Gasteiger charge is -2.14. The minimum Gasteiger partial charge on any atom is -0.341 e. The van der Waals surface area contributed by atoms with E-state index in [9.17, 15) is 23.2 Å². The van der Waals surface area contributed by atoms with Crippen LogP contribution < -0.4 is 10.6 Å². The molecule has 1 fully saturated rings. The Kier molecular flexibility index (Phi) is 5.49. The number of aromatic amines is 1. The number of Topliss-reactive ketones (excluding diaryl/α,β-unsaturated/α-hetero) is 1. The SMILES string of the molecule is Cc1ccc(NC(=O)c2c(C)c(C(=O)C(=O)NC3(c4c[nH]nn4)CC3)n3c2CCC3)cc1C(F)F. The molecule has 3 heterocycles. The molecular weight excluding hydrogens is 458 g/mol. The van der Waals surface area contributed by atoms with Gasteiger partial charge in [0.1, 0.15) is 5.69 Å². The van der Waals surface area contributed by atoms with Crippen LogP contribution in [0.15, 0.2) is 24.4 Å². The fraction of sp³-hybridized carbons (Fsp3) is 0.375. The van der Waals surface area contributed by atoms with Crippen LogP contribution in [0.1, 0.15) is 74.6 Å². The summed E-state index contributed by atoms with van der Waals surface area (Å²) in [7, 11) is 0. The molecule has 2 aliphatic rings. The molecule has 1 saturated carbocycles. The number of benzene rings is 1. The van der Waals surface area contributed by atoms with Gasteiger partial charge in [0.05, 0.1) is 16.8 Å². The van der Waals surface area contributed by atoms with Crippen molar-refractivity contribution in [1.29, 1.82) is 0 Å². The third-order valence-electron chi connectivity index (χ3n) is 6.84. The number of carbonyl (C=O) groups excluding carboxylic acids is 3. The maximum Gasteiger partial charge on any atom is 0.294 e. The Morgan fingerprint density at radius 3 is 2.63 bits per heavy atom. The number of anilines is 1. The number of H-pyrrole nitrogens is 1. The molecule has 0 bridgehead atoms. The fourth-order valence-corrected chi connectivity index (χ4v) is 4.85. The summed E-state index contributed by atoms with van der Waals surface area (Å²) in [6, 6.07) is 4.33. The van der Waals surface area contributed by atoms with Gasteiger partial charge in [-0.15, -0.1) is 5.10 Å². The molecule has 0 atom stereocenters. The number of amides is 2.